The Morgan fingerprint density at radius 1 is 1.35 bits per heavy atom. The molecule has 10 heteroatoms. The van der Waals surface area contributed by atoms with Crippen molar-refractivity contribution in [2.24, 2.45) is 0 Å². The van der Waals surface area contributed by atoms with E-state index in [0.29, 0.717) is 0 Å². The quantitative estimate of drug-likeness (QED) is 0.361. The van der Waals surface area contributed by atoms with Gasteiger partial charge in [-0.25, -0.2) is 9.59 Å². The molecule has 7 nitrogen and oxygen atoms in total. The van der Waals surface area contributed by atoms with Gasteiger partial charge in [0, 0.05) is 5.57 Å². The zero-order valence-electron chi connectivity index (χ0n) is 11.8. The number of hydrogen-bond donors (Lipinski definition) is 1. The number of halogens is 2. The van der Waals surface area contributed by atoms with Gasteiger partial charge in [0.1, 0.15) is 5.75 Å². The minimum Gasteiger partial charge on any atom is -0.454 e. The lowest BCUT2D eigenvalue weighted by molar-refractivity contribution is -0.130. The molecule has 126 valence electrons. The van der Waals surface area contributed by atoms with Crippen LogP contribution in [0.3, 0.4) is 0 Å². The zero-order chi connectivity index (χ0) is 17.8. The highest BCUT2D eigenvalue weighted by Crippen LogP contribution is 2.22. The first-order valence-corrected chi connectivity index (χ1v) is 7.38. The first-order chi connectivity index (χ1) is 10.4. The summed E-state index contributed by atoms with van der Waals surface area (Å²) in [6.45, 7) is 2.90. The first-order valence-electron chi connectivity index (χ1n) is 5.94. The molecule has 1 rings (SSSR count). The Balaban J connectivity index is 2.82. The van der Waals surface area contributed by atoms with Crippen LogP contribution < -0.4 is 4.74 Å². The van der Waals surface area contributed by atoms with E-state index in [2.05, 4.69) is 11.3 Å². The maximum absolute atomic E-state index is 13.0. The summed E-state index contributed by atoms with van der Waals surface area (Å²) in [5.74, 6) is -2.11. The van der Waals surface area contributed by atoms with Crippen molar-refractivity contribution in [2.45, 2.75) is 12.2 Å². The molecule has 1 N–H and O–H groups in total. The number of esters is 2. The Morgan fingerprint density at radius 2 is 1.96 bits per heavy atom. The van der Waals surface area contributed by atoms with E-state index in [1.807, 2.05) is 0 Å². The van der Waals surface area contributed by atoms with Gasteiger partial charge < -0.3 is 9.47 Å². The topological polar surface area (TPSA) is 107 Å². The lowest BCUT2D eigenvalue weighted by Gasteiger charge is -2.13. The molecule has 0 fully saturated rings. The molecule has 1 aromatic rings. The van der Waals surface area contributed by atoms with E-state index in [4.69, 9.17) is 9.29 Å². The second-order valence-corrected chi connectivity index (χ2v) is 5.93. The largest absolute Gasteiger partial charge is 0.454 e. The molecule has 0 unspecified atom stereocenters. The summed E-state index contributed by atoms with van der Waals surface area (Å²) in [6, 6.07) is 4.82. The van der Waals surface area contributed by atoms with E-state index in [0.717, 1.165) is 6.07 Å². The number of carbonyl (C=O) groups excluding carboxylic acids is 2. The van der Waals surface area contributed by atoms with Crippen LogP contribution in [0.1, 0.15) is 17.3 Å². The summed E-state index contributed by atoms with van der Waals surface area (Å²) in [4.78, 5) is 22.9. The molecule has 0 aliphatic carbocycles. The molecule has 0 heterocycles. The summed E-state index contributed by atoms with van der Waals surface area (Å²) < 4.78 is 64.0. The SMILES string of the molecule is C=C(C)C(=O)Oc1cccc(C(=O)OCC(F)(F)S(=O)(=O)O)c1. The van der Waals surface area contributed by atoms with Gasteiger partial charge in [-0.3, -0.25) is 4.55 Å². The van der Waals surface area contributed by atoms with Crippen molar-refractivity contribution >= 4 is 22.1 Å². The first kappa shape index (κ1) is 18.7. The Bertz CT molecular complexity index is 740. The third kappa shape index (κ3) is 5.11. The smallest absolute Gasteiger partial charge is 0.402 e. The lowest BCUT2D eigenvalue weighted by atomic mass is 10.2. The summed E-state index contributed by atoms with van der Waals surface area (Å²) in [5.41, 5.74) is -0.158. The van der Waals surface area contributed by atoms with Crippen LogP contribution in [0.5, 0.6) is 5.75 Å². The van der Waals surface area contributed by atoms with Crippen LogP contribution in [0.15, 0.2) is 36.4 Å². The van der Waals surface area contributed by atoms with Crippen molar-refractivity contribution in [3.63, 3.8) is 0 Å². The maximum atomic E-state index is 13.0. The van der Waals surface area contributed by atoms with Crippen LogP contribution in [-0.4, -0.2) is 36.8 Å². The molecule has 0 bridgehead atoms. The van der Waals surface area contributed by atoms with Crippen molar-refractivity contribution < 1.29 is 40.8 Å². The Hall–Kier alpha value is -2.33. The standard InChI is InChI=1S/C13H12F2O7S/c1-8(2)11(16)22-10-5-3-4-9(6-10)12(17)21-7-13(14,15)23(18,19)20/h3-6H,1,7H2,2H3,(H,18,19,20). The molecular formula is C13H12F2O7S. The van der Waals surface area contributed by atoms with Crippen LogP contribution in [0, 0.1) is 0 Å². The minimum absolute atomic E-state index is 0.0611. The number of carbonyl (C=O) groups is 2. The van der Waals surface area contributed by atoms with E-state index in [1.165, 1.54) is 25.1 Å². The highest BCUT2D eigenvalue weighted by molar-refractivity contribution is 7.86. The molecule has 0 spiro atoms. The molecule has 1 aromatic carbocycles. The van der Waals surface area contributed by atoms with Gasteiger partial charge in [0.05, 0.1) is 5.56 Å². The van der Waals surface area contributed by atoms with Gasteiger partial charge in [0.2, 0.25) is 0 Å². The second kappa shape index (κ2) is 6.84. The molecule has 0 radical (unpaired) electrons. The van der Waals surface area contributed by atoms with Crippen molar-refractivity contribution in [3.8, 4) is 5.75 Å². The predicted molar refractivity (Wildman–Crippen MR) is 73.7 cm³/mol. The van der Waals surface area contributed by atoms with Crippen molar-refractivity contribution in [1.29, 1.82) is 0 Å². The van der Waals surface area contributed by atoms with E-state index in [1.54, 1.807) is 0 Å². The normalized spacial score (nSPS) is 11.7. The van der Waals surface area contributed by atoms with Crippen LogP contribution in [0.25, 0.3) is 0 Å². The number of ether oxygens (including phenoxy) is 2. The molecule has 23 heavy (non-hydrogen) atoms. The van der Waals surface area contributed by atoms with Gasteiger partial charge in [0.15, 0.2) is 6.61 Å². The van der Waals surface area contributed by atoms with Crippen molar-refractivity contribution in [1.82, 2.24) is 0 Å². The fraction of sp³-hybridized carbons (Fsp3) is 0.231. The number of rotatable bonds is 6. The van der Waals surface area contributed by atoms with E-state index < -0.39 is 33.9 Å². The lowest BCUT2D eigenvalue weighted by Crippen LogP contribution is -2.34. The highest BCUT2D eigenvalue weighted by Gasteiger charge is 2.45. The molecule has 0 aliphatic heterocycles. The molecular weight excluding hydrogens is 338 g/mol. The van der Waals surface area contributed by atoms with Crippen LogP contribution in [0.4, 0.5) is 8.78 Å². The second-order valence-electron chi connectivity index (χ2n) is 4.39. The van der Waals surface area contributed by atoms with Gasteiger partial charge >= 0.3 is 27.3 Å². The molecule has 0 aromatic heterocycles. The third-order valence-corrected chi connectivity index (χ3v) is 3.25. The van der Waals surface area contributed by atoms with Crippen LogP contribution in [-0.2, 0) is 19.6 Å². The predicted octanol–water partition coefficient (Wildman–Crippen LogP) is 1.81. The Kier molecular flexibility index (Phi) is 5.56. The van der Waals surface area contributed by atoms with Gasteiger partial charge in [-0.2, -0.15) is 17.2 Å². The summed E-state index contributed by atoms with van der Waals surface area (Å²) in [6.07, 6.45) is 0. The van der Waals surface area contributed by atoms with Crippen molar-refractivity contribution in [3.05, 3.63) is 42.0 Å². The van der Waals surface area contributed by atoms with Crippen LogP contribution in [0.2, 0.25) is 0 Å². The van der Waals surface area contributed by atoms with E-state index in [9.17, 15) is 26.8 Å². The van der Waals surface area contributed by atoms with E-state index in [-0.39, 0.29) is 16.9 Å². The zero-order valence-corrected chi connectivity index (χ0v) is 12.6. The molecule has 0 aliphatic rings. The summed E-state index contributed by atoms with van der Waals surface area (Å²) in [5, 5.41) is -4.63. The molecule has 0 saturated carbocycles. The number of alkyl halides is 2. The highest BCUT2D eigenvalue weighted by atomic mass is 32.2. The van der Waals surface area contributed by atoms with Crippen molar-refractivity contribution in [2.75, 3.05) is 6.61 Å². The van der Waals surface area contributed by atoms with Gasteiger partial charge in [-0.1, -0.05) is 12.6 Å². The average molecular weight is 350 g/mol. The number of hydrogen-bond acceptors (Lipinski definition) is 6. The van der Waals surface area contributed by atoms with Crippen LogP contribution >= 0.6 is 0 Å². The average Bonchev–Trinajstić information content (AvgIpc) is 2.43. The summed E-state index contributed by atoms with van der Waals surface area (Å²) in [7, 11) is -5.70. The van der Waals surface area contributed by atoms with Gasteiger partial charge in [-0.15, -0.1) is 0 Å². The fourth-order valence-electron chi connectivity index (χ4n) is 1.19. The Morgan fingerprint density at radius 3 is 2.48 bits per heavy atom. The Labute approximate surface area is 130 Å². The number of benzene rings is 1. The van der Waals surface area contributed by atoms with Gasteiger partial charge in [-0.05, 0) is 25.1 Å². The molecule has 0 saturated heterocycles. The monoisotopic (exact) mass is 350 g/mol. The molecule has 0 amide bonds. The van der Waals surface area contributed by atoms with E-state index >= 15 is 0 Å². The fourth-order valence-corrected chi connectivity index (χ4v) is 1.40. The minimum atomic E-state index is -5.70. The van der Waals surface area contributed by atoms with Gasteiger partial charge in [0.25, 0.3) is 0 Å². The molecule has 0 atom stereocenters. The maximum Gasteiger partial charge on any atom is 0.402 e. The summed E-state index contributed by atoms with van der Waals surface area (Å²) >= 11 is 0. The third-order valence-electron chi connectivity index (χ3n) is 2.38.